The van der Waals surface area contributed by atoms with E-state index >= 15 is 0 Å². The van der Waals surface area contributed by atoms with Gasteiger partial charge in [-0.25, -0.2) is 5.84 Å². The molecule has 114 valence electrons. The fraction of sp³-hybridized carbons (Fsp3) is 0.750. The van der Waals surface area contributed by atoms with Gasteiger partial charge in [0, 0.05) is 13.1 Å². The second-order valence-electron chi connectivity index (χ2n) is 4.33. The first-order valence-corrected chi connectivity index (χ1v) is 6.82. The Morgan fingerprint density at radius 3 is 2.40 bits per heavy atom. The molecule has 0 unspecified atom stereocenters. The molecule has 0 bridgehead atoms. The number of anilines is 2. The van der Waals surface area contributed by atoms with Crippen LogP contribution >= 0.6 is 0 Å². The molecule has 0 amide bonds. The third-order valence-electron chi connectivity index (χ3n) is 2.54. The van der Waals surface area contributed by atoms with Crippen molar-refractivity contribution in [3.05, 3.63) is 0 Å². The van der Waals surface area contributed by atoms with Crippen LogP contribution in [0.4, 0.5) is 11.9 Å². The van der Waals surface area contributed by atoms with Gasteiger partial charge in [-0.05, 0) is 27.7 Å². The van der Waals surface area contributed by atoms with Crippen molar-refractivity contribution in [3.8, 4) is 6.01 Å². The number of nitrogens with two attached hydrogens (primary N) is 1. The van der Waals surface area contributed by atoms with Crippen molar-refractivity contribution < 1.29 is 9.47 Å². The summed E-state index contributed by atoms with van der Waals surface area (Å²) < 4.78 is 10.9. The van der Waals surface area contributed by atoms with Crippen LogP contribution in [0.3, 0.4) is 0 Å². The third-order valence-corrected chi connectivity index (χ3v) is 2.54. The van der Waals surface area contributed by atoms with Gasteiger partial charge in [0.15, 0.2) is 0 Å². The molecule has 0 saturated heterocycles. The van der Waals surface area contributed by atoms with E-state index in [0.29, 0.717) is 19.2 Å². The van der Waals surface area contributed by atoms with Gasteiger partial charge in [0.05, 0.1) is 12.7 Å². The van der Waals surface area contributed by atoms with E-state index in [0.717, 1.165) is 13.1 Å². The molecule has 20 heavy (non-hydrogen) atoms. The first-order chi connectivity index (χ1) is 9.60. The van der Waals surface area contributed by atoms with Gasteiger partial charge in [-0.15, -0.1) is 0 Å². The predicted octanol–water partition coefficient (Wildman–Crippen LogP) is 0.807. The summed E-state index contributed by atoms with van der Waals surface area (Å²) in [5.74, 6) is 6.18. The molecule has 1 heterocycles. The molecule has 0 atom stereocenters. The molecule has 0 spiro atoms. The van der Waals surface area contributed by atoms with Crippen LogP contribution in [0.2, 0.25) is 0 Å². The highest BCUT2D eigenvalue weighted by Crippen LogP contribution is 2.14. The summed E-state index contributed by atoms with van der Waals surface area (Å²) in [5.41, 5.74) is 2.42. The Labute approximate surface area is 119 Å². The average molecular weight is 284 g/mol. The summed E-state index contributed by atoms with van der Waals surface area (Å²) in [6.07, 6.45) is 0.171. The van der Waals surface area contributed by atoms with Crippen LogP contribution in [0.15, 0.2) is 0 Å². The predicted molar refractivity (Wildman–Crippen MR) is 77.8 cm³/mol. The molecule has 1 aromatic rings. The highest BCUT2D eigenvalue weighted by atomic mass is 16.5. The molecule has 0 aromatic carbocycles. The van der Waals surface area contributed by atoms with Crippen molar-refractivity contribution in [1.29, 1.82) is 0 Å². The molecule has 3 N–H and O–H groups in total. The van der Waals surface area contributed by atoms with E-state index in [1.54, 1.807) is 0 Å². The zero-order chi connectivity index (χ0) is 15.0. The summed E-state index contributed by atoms with van der Waals surface area (Å²) >= 11 is 0. The van der Waals surface area contributed by atoms with Crippen LogP contribution in [-0.4, -0.2) is 47.4 Å². The van der Waals surface area contributed by atoms with E-state index in [-0.39, 0.29) is 18.1 Å². The van der Waals surface area contributed by atoms with Crippen LogP contribution in [0.1, 0.15) is 27.7 Å². The molecule has 8 heteroatoms. The van der Waals surface area contributed by atoms with Crippen LogP contribution in [0.5, 0.6) is 6.01 Å². The summed E-state index contributed by atoms with van der Waals surface area (Å²) in [6, 6.07) is 0.238. The number of ether oxygens (including phenoxy) is 2. The molecule has 0 saturated carbocycles. The minimum Gasteiger partial charge on any atom is -0.461 e. The number of nitrogen functional groups attached to an aromatic ring is 1. The topological polar surface area (TPSA) is 98.4 Å². The average Bonchev–Trinajstić information content (AvgIpc) is 2.44. The van der Waals surface area contributed by atoms with E-state index in [2.05, 4.69) is 20.4 Å². The van der Waals surface area contributed by atoms with E-state index < -0.39 is 0 Å². The third kappa shape index (κ3) is 5.14. The quantitative estimate of drug-likeness (QED) is 0.390. The van der Waals surface area contributed by atoms with Crippen molar-refractivity contribution in [2.24, 2.45) is 5.84 Å². The first-order valence-electron chi connectivity index (χ1n) is 6.82. The van der Waals surface area contributed by atoms with Crippen molar-refractivity contribution >= 4 is 11.9 Å². The summed E-state index contributed by atoms with van der Waals surface area (Å²) in [4.78, 5) is 14.5. The maximum Gasteiger partial charge on any atom is 0.323 e. The maximum atomic E-state index is 5.47. The molecule has 8 nitrogen and oxygen atoms in total. The highest BCUT2D eigenvalue weighted by molar-refractivity contribution is 5.37. The minimum atomic E-state index is 0.171. The number of hydrazine groups is 1. The molecule has 0 radical (unpaired) electrons. The van der Waals surface area contributed by atoms with Crippen LogP contribution in [0, 0.1) is 0 Å². The molecule has 0 aliphatic heterocycles. The smallest absolute Gasteiger partial charge is 0.323 e. The van der Waals surface area contributed by atoms with Gasteiger partial charge in [-0.3, -0.25) is 5.43 Å². The minimum absolute atomic E-state index is 0.171. The fourth-order valence-corrected chi connectivity index (χ4v) is 1.54. The zero-order valence-electron chi connectivity index (χ0n) is 12.6. The van der Waals surface area contributed by atoms with E-state index in [9.17, 15) is 0 Å². The van der Waals surface area contributed by atoms with Gasteiger partial charge in [0.25, 0.3) is 0 Å². The second kappa shape index (κ2) is 8.49. The van der Waals surface area contributed by atoms with Crippen molar-refractivity contribution in [2.75, 3.05) is 36.6 Å². The number of rotatable bonds is 9. The van der Waals surface area contributed by atoms with Gasteiger partial charge in [-0.2, -0.15) is 15.0 Å². The summed E-state index contributed by atoms with van der Waals surface area (Å²) in [6.45, 7) is 10.4. The monoisotopic (exact) mass is 284 g/mol. The largest absolute Gasteiger partial charge is 0.461 e. The Kier molecular flexibility index (Phi) is 6.96. The summed E-state index contributed by atoms with van der Waals surface area (Å²) in [7, 11) is 0. The lowest BCUT2D eigenvalue weighted by Gasteiger charge is -2.19. The normalized spacial score (nSPS) is 10.7. The van der Waals surface area contributed by atoms with E-state index in [1.807, 2.05) is 32.6 Å². The van der Waals surface area contributed by atoms with Gasteiger partial charge in [0.1, 0.15) is 6.61 Å². The molecule has 0 aliphatic carbocycles. The van der Waals surface area contributed by atoms with Crippen LogP contribution < -0.4 is 20.9 Å². The van der Waals surface area contributed by atoms with Crippen molar-refractivity contribution in [1.82, 2.24) is 15.0 Å². The molecule has 1 aromatic heterocycles. The molecular weight excluding hydrogens is 260 g/mol. The van der Waals surface area contributed by atoms with E-state index in [1.165, 1.54) is 0 Å². The molecular formula is C12H24N6O2. The van der Waals surface area contributed by atoms with E-state index in [4.69, 9.17) is 15.3 Å². The number of hydrogen-bond acceptors (Lipinski definition) is 8. The Bertz CT molecular complexity index is 398. The van der Waals surface area contributed by atoms with Crippen molar-refractivity contribution in [2.45, 2.75) is 33.8 Å². The van der Waals surface area contributed by atoms with Gasteiger partial charge in [-0.1, -0.05) is 0 Å². The lowest BCUT2D eigenvalue weighted by molar-refractivity contribution is 0.0531. The Morgan fingerprint density at radius 1 is 1.15 bits per heavy atom. The van der Waals surface area contributed by atoms with Gasteiger partial charge < -0.3 is 14.4 Å². The van der Waals surface area contributed by atoms with Crippen molar-refractivity contribution in [3.63, 3.8) is 0 Å². The highest BCUT2D eigenvalue weighted by Gasteiger charge is 2.11. The SMILES string of the molecule is CCN(CC)c1nc(NN)nc(OCCOC(C)C)n1. The van der Waals surface area contributed by atoms with Crippen LogP contribution in [0.25, 0.3) is 0 Å². The Hall–Kier alpha value is -1.67. The molecule has 1 rings (SSSR count). The number of nitrogens with zero attached hydrogens (tertiary/aromatic N) is 4. The number of hydrogen-bond donors (Lipinski definition) is 2. The number of aromatic nitrogens is 3. The summed E-state index contributed by atoms with van der Waals surface area (Å²) in [5, 5.41) is 0. The number of nitrogens with one attached hydrogen (secondary N) is 1. The standard InChI is InChI=1S/C12H24N6O2/c1-5-18(6-2)11-14-10(17-13)15-12(16-11)20-8-7-19-9(3)4/h9H,5-8,13H2,1-4H3,(H,14,15,16,17). The zero-order valence-corrected chi connectivity index (χ0v) is 12.6. The Balaban J connectivity index is 2.72. The van der Waals surface area contributed by atoms with Gasteiger partial charge in [0.2, 0.25) is 11.9 Å². The molecule has 0 fully saturated rings. The Morgan fingerprint density at radius 2 is 1.85 bits per heavy atom. The maximum absolute atomic E-state index is 5.47. The lowest BCUT2D eigenvalue weighted by atomic mass is 10.5. The second-order valence-corrected chi connectivity index (χ2v) is 4.33. The van der Waals surface area contributed by atoms with Gasteiger partial charge >= 0.3 is 6.01 Å². The fourth-order valence-electron chi connectivity index (χ4n) is 1.54. The lowest BCUT2D eigenvalue weighted by Crippen LogP contribution is -2.26. The first kappa shape index (κ1) is 16.4. The molecule has 0 aliphatic rings. The van der Waals surface area contributed by atoms with Crippen LogP contribution in [-0.2, 0) is 4.74 Å².